The summed E-state index contributed by atoms with van der Waals surface area (Å²) in [5.74, 6) is -0.170. The van der Waals surface area contributed by atoms with Gasteiger partial charge in [0.2, 0.25) is 0 Å². The molecule has 1 fully saturated rings. The third-order valence-corrected chi connectivity index (χ3v) is 6.40. The summed E-state index contributed by atoms with van der Waals surface area (Å²) >= 11 is 0. The van der Waals surface area contributed by atoms with Gasteiger partial charge in [0.05, 0.1) is 10.6 Å². The lowest BCUT2D eigenvalue weighted by Crippen LogP contribution is -2.40. The molecule has 0 radical (unpaired) electrons. The molecule has 2 aromatic carbocycles. The molecular weight excluding hydrogens is 384 g/mol. The molecule has 1 saturated heterocycles. The first-order chi connectivity index (χ1) is 12.5. The minimum Gasteiger partial charge on any atom is -0.334 e. The smallest absolute Gasteiger partial charge is 0.254 e. The van der Waals surface area contributed by atoms with Crippen LogP contribution in [-0.4, -0.2) is 45.4 Å². The maximum Gasteiger partial charge on any atom is 0.254 e. The van der Waals surface area contributed by atoms with Crippen LogP contribution in [0.5, 0.6) is 0 Å². The van der Waals surface area contributed by atoms with Crippen molar-refractivity contribution in [2.24, 2.45) is 0 Å². The van der Waals surface area contributed by atoms with Crippen LogP contribution in [0.1, 0.15) is 28.8 Å². The topological polar surface area (TPSA) is 66.5 Å². The van der Waals surface area contributed by atoms with Crippen LogP contribution in [0, 0.1) is 0 Å². The molecule has 3 rings (SSSR count). The molecule has 5 nitrogen and oxygen atoms in total. The lowest BCUT2D eigenvalue weighted by Gasteiger charge is -2.24. The molecule has 1 amide bonds. The van der Waals surface area contributed by atoms with Gasteiger partial charge in [-0.25, -0.2) is 8.42 Å². The normalized spacial score (nSPS) is 16.8. The molecule has 0 spiro atoms. The second kappa shape index (κ2) is 9.35. The Hall–Kier alpha value is -1.89. The summed E-state index contributed by atoms with van der Waals surface area (Å²) in [5.41, 5.74) is 1.17. The summed E-state index contributed by atoms with van der Waals surface area (Å²) in [6.45, 7) is 1.46. The number of hydrogen-bond acceptors (Lipinski definition) is 4. The van der Waals surface area contributed by atoms with E-state index >= 15 is 0 Å². The van der Waals surface area contributed by atoms with E-state index in [1.54, 1.807) is 30.3 Å². The van der Waals surface area contributed by atoms with E-state index in [1.165, 1.54) is 6.07 Å². The molecule has 0 saturated carbocycles. The van der Waals surface area contributed by atoms with E-state index in [0.29, 0.717) is 12.1 Å². The van der Waals surface area contributed by atoms with Crippen LogP contribution in [0.3, 0.4) is 0 Å². The predicted octanol–water partition coefficient (Wildman–Crippen LogP) is 2.91. The van der Waals surface area contributed by atoms with Gasteiger partial charge in [-0.2, -0.15) is 0 Å². The number of hydrogen-bond donors (Lipinski definition) is 1. The van der Waals surface area contributed by atoms with Gasteiger partial charge in [0.15, 0.2) is 9.84 Å². The zero-order valence-electron chi connectivity index (χ0n) is 15.3. The lowest BCUT2D eigenvalue weighted by molar-refractivity contribution is 0.0737. The van der Waals surface area contributed by atoms with Gasteiger partial charge in [-0.05, 0) is 43.7 Å². The SMILES string of the molecule is CNCC1CCCN1C(=O)c1cccc(S(=O)(=O)Cc2ccccc2)c1.Cl. The van der Waals surface area contributed by atoms with Crippen molar-refractivity contribution in [1.82, 2.24) is 10.2 Å². The monoisotopic (exact) mass is 408 g/mol. The van der Waals surface area contributed by atoms with Gasteiger partial charge < -0.3 is 10.2 Å². The lowest BCUT2D eigenvalue weighted by atomic mass is 10.1. The Morgan fingerprint density at radius 1 is 1.15 bits per heavy atom. The van der Waals surface area contributed by atoms with Crippen molar-refractivity contribution < 1.29 is 13.2 Å². The number of halogens is 1. The number of nitrogens with one attached hydrogen (secondary N) is 1. The summed E-state index contributed by atoms with van der Waals surface area (Å²) in [5, 5.41) is 3.12. The van der Waals surface area contributed by atoms with E-state index in [1.807, 2.05) is 30.1 Å². The number of benzene rings is 2. The highest BCUT2D eigenvalue weighted by Crippen LogP contribution is 2.22. The van der Waals surface area contributed by atoms with Crippen LogP contribution >= 0.6 is 12.4 Å². The first kappa shape index (κ1) is 21.4. The fourth-order valence-electron chi connectivity index (χ4n) is 3.42. The maximum atomic E-state index is 12.9. The number of nitrogens with zero attached hydrogens (tertiary/aromatic N) is 1. The molecule has 146 valence electrons. The second-order valence-electron chi connectivity index (χ2n) is 6.62. The number of carbonyl (C=O) groups is 1. The Kier molecular flexibility index (Phi) is 7.41. The number of likely N-dealkylation sites (tertiary alicyclic amines) is 1. The van der Waals surface area contributed by atoms with Crippen LogP contribution in [-0.2, 0) is 15.6 Å². The standard InChI is InChI=1S/C20H24N2O3S.ClH/c1-21-14-18-10-6-12-22(18)20(23)17-9-5-11-19(13-17)26(24,25)15-16-7-3-2-4-8-16;/h2-5,7-9,11,13,18,21H,6,10,12,14-15H2,1H3;1H. The van der Waals surface area contributed by atoms with Crippen LogP contribution in [0.25, 0.3) is 0 Å². The number of likely N-dealkylation sites (N-methyl/N-ethyl adjacent to an activating group) is 1. The van der Waals surface area contributed by atoms with E-state index < -0.39 is 9.84 Å². The third kappa shape index (κ3) is 5.09. The van der Waals surface area contributed by atoms with E-state index in [9.17, 15) is 13.2 Å². The van der Waals surface area contributed by atoms with Gasteiger partial charge >= 0.3 is 0 Å². The van der Waals surface area contributed by atoms with Crippen LogP contribution in [0.2, 0.25) is 0 Å². The van der Waals surface area contributed by atoms with Crippen molar-refractivity contribution in [1.29, 1.82) is 0 Å². The van der Waals surface area contributed by atoms with Crippen LogP contribution in [0.4, 0.5) is 0 Å². The average Bonchev–Trinajstić information content (AvgIpc) is 3.10. The third-order valence-electron chi connectivity index (χ3n) is 4.72. The molecular formula is C20H25ClN2O3S. The van der Waals surface area contributed by atoms with Gasteiger partial charge in [-0.3, -0.25) is 4.79 Å². The molecule has 7 heteroatoms. The molecule has 0 bridgehead atoms. The van der Waals surface area contributed by atoms with Crippen molar-refractivity contribution in [2.45, 2.75) is 29.5 Å². The minimum absolute atomic E-state index is 0. The Labute approximate surface area is 167 Å². The molecule has 0 aliphatic carbocycles. The van der Waals surface area contributed by atoms with Crippen molar-refractivity contribution in [3.8, 4) is 0 Å². The quantitative estimate of drug-likeness (QED) is 0.798. The van der Waals surface area contributed by atoms with Crippen molar-refractivity contribution in [2.75, 3.05) is 20.1 Å². The largest absolute Gasteiger partial charge is 0.334 e. The van der Waals surface area contributed by atoms with Gasteiger partial charge in [-0.15, -0.1) is 12.4 Å². The number of sulfone groups is 1. The highest BCUT2D eigenvalue weighted by atomic mass is 35.5. The zero-order chi connectivity index (χ0) is 18.6. The summed E-state index contributed by atoms with van der Waals surface area (Å²) in [7, 11) is -1.63. The van der Waals surface area contributed by atoms with Gasteiger partial charge in [0.25, 0.3) is 5.91 Å². The van der Waals surface area contributed by atoms with Gasteiger partial charge in [0, 0.05) is 24.7 Å². The van der Waals surface area contributed by atoms with E-state index in [-0.39, 0.29) is 35.0 Å². The molecule has 1 atom stereocenters. The highest BCUT2D eigenvalue weighted by molar-refractivity contribution is 7.90. The highest BCUT2D eigenvalue weighted by Gasteiger charge is 2.29. The summed E-state index contributed by atoms with van der Waals surface area (Å²) in [6, 6.07) is 15.6. The number of carbonyl (C=O) groups excluding carboxylic acids is 1. The first-order valence-electron chi connectivity index (χ1n) is 8.83. The van der Waals surface area contributed by atoms with Crippen molar-refractivity contribution >= 4 is 28.2 Å². The van der Waals surface area contributed by atoms with E-state index in [4.69, 9.17) is 0 Å². The number of amides is 1. The van der Waals surface area contributed by atoms with Gasteiger partial charge in [0.1, 0.15) is 0 Å². The summed E-state index contributed by atoms with van der Waals surface area (Å²) in [6.07, 6.45) is 1.95. The van der Waals surface area contributed by atoms with Crippen molar-refractivity contribution in [3.05, 3.63) is 65.7 Å². The Morgan fingerprint density at radius 3 is 2.59 bits per heavy atom. The summed E-state index contributed by atoms with van der Waals surface area (Å²) in [4.78, 5) is 14.9. The van der Waals surface area contributed by atoms with Gasteiger partial charge in [-0.1, -0.05) is 36.4 Å². The Bertz CT molecular complexity index is 872. The second-order valence-corrected chi connectivity index (χ2v) is 8.61. The van der Waals surface area contributed by atoms with Crippen molar-refractivity contribution in [3.63, 3.8) is 0 Å². The van der Waals surface area contributed by atoms with Crippen LogP contribution < -0.4 is 5.32 Å². The predicted molar refractivity (Wildman–Crippen MR) is 109 cm³/mol. The Morgan fingerprint density at radius 2 is 1.89 bits per heavy atom. The molecule has 1 unspecified atom stereocenters. The molecule has 27 heavy (non-hydrogen) atoms. The fraction of sp³-hybridized carbons (Fsp3) is 0.350. The number of rotatable bonds is 6. The average molecular weight is 409 g/mol. The molecule has 0 aromatic heterocycles. The minimum atomic E-state index is -3.50. The molecule has 1 aliphatic rings. The van der Waals surface area contributed by atoms with E-state index in [2.05, 4.69) is 5.32 Å². The maximum absolute atomic E-state index is 12.9. The zero-order valence-corrected chi connectivity index (χ0v) is 16.9. The first-order valence-corrected chi connectivity index (χ1v) is 10.5. The Balaban J connectivity index is 0.00000261. The van der Waals surface area contributed by atoms with E-state index in [0.717, 1.165) is 24.9 Å². The fourth-order valence-corrected chi connectivity index (χ4v) is 4.81. The summed E-state index contributed by atoms with van der Waals surface area (Å²) < 4.78 is 25.5. The van der Waals surface area contributed by atoms with Crippen LogP contribution in [0.15, 0.2) is 59.5 Å². The molecule has 1 aliphatic heterocycles. The molecule has 1 N–H and O–H groups in total. The molecule has 1 heterocycles. The molecule has 2 aromatic rings.